The molecular formula is C23H26N4O6S2. The zero-order valence-electron chi connectivity index (χ0n) is 19.3. The van der Waals surface area contributed by atoms with Gasteiger partial charge < -0.3 is 4.42 Å². The summed E-state index contributed by atoms with van der Waals surface area (Å²) in [4.78, 5) is 12.9. The van der Waals surface area contributed by atoms with Crippen molar-refractivity contribution in [2.75, 3.05) is 18.1 Å². The number of amides is 1. The van der Waals surface area contributed by atoms with Crippen LogP contribution in [0.15, 0.2) is 62.7 Å². The molecule has 3 aromatic rings. The summed E-state index contributed by atoms with van der Waals surface area (Å²) >= 11 is 0. The van der Waals surface area contributed by atoms with Gasteiger partial charge in [0.05, 0.1) is 9.79 Å². The third-order valence-corrected chi connectivity index (χ3v) is 9.00. The van der Waals surface area contributed by atoms with E-state index in [2.05, 4.69) is 15.5 Å². The number of sulfonamides is 1. The number of hydrogen-bond acceptors (Lipinski definition) is 8. The van der Waals surface area contributed by atoms with Crippen molar-refractivity contribution in [3.05, 3.63) is 54.1 Å². The second kappa shape index (κ2) is 9.88. The highest BCUT2D eigenvalue weighted by Gasteiger charge is 2.32. The Morgan fingerprint density at radius 1 is 1.06 bits per heavy atom. The standard InChI is InChI=1S/C23H26N4O6S2/c1-3-18-8-4-5-14-27(18)35(31,32)19-12-10-16(11-13-19)21(28)24-23-26-25-22(33-23)17-7-6-9-20(15-17)34(2,29)30/h6-7,9-13,15,18H,3-5,8,14H2,1-2H3,(H,24,26,28). The lowest BCUT2D eigenvalue weighted by molar-refractivity contribution is 0.102. The van der Waals surface area contributed by atoms with Gasteiger partial charge in [0.25, 0.3) is 5.91 Å². The van der Waals surface area contributed by atoms with Gasteiger partial charge >= 0.3 is 6.01 Å². The number of carbonyl (C=O) groups is 1. The van der Waals surface area contributed by atoms with Gasteiger partial charge in [0, 0.05) is 30.0 Å². The maximum Gasteiger partial charge on any atom is 0.322 e. The minimum atomic E-state index is -3.65. The van der Waals surface area contributed by atoms with Crippen LogP contribution in [0, 0.1) is 0 Å². The van der Waals surface area contributed by atoms with E-state index in [1.807, 2.05) is 6.92 Å². The van der Waals surface area contributed by atoms with Crippen LogP contribution in [0.1, 0.15) is 43.0 Å². The summed E-state index contributed by atoms with van der Waals surface area (Å²) in [5, 5.41) is 10.1. The van der Waals surface area contributed by atoms with E-state index in [4.69, 9.17) is 4.42 Å². The molecule has 2 heterocycles. The number of carbonyl (C=O) groups excluding carboxylic acids is 1. The lowest BCUT2D eigenvalue weighted by atomic mass is 10.0. The Labute approximate surface area is 204 Å². The van der Waals surface area contributed by atoms with E-state index in [0.717, 1.165) is 31.9 Å². The summed E-state index contributed by atoms with van der Waals surface area (Å²) in [5.41, 5.74) is 0.604. The molecule has 1 fully saturated rings. The van der Waals surface area contributed by atoms with Crippen LogP contribution in [0.3, 0.4) is 0 Å². The number of anilines is 1. The summed E-state index contributed by atoms with van der Waals surface area (Å²) in [5.74, 6) is -0.516. The van der Waals surface area contributed by atoms with Crippen molar-refractivity contribution in [3.8, 4) is 11.5 Å². The van der Waals surface area contributed by atoms with Crippen molar-refractivity contribution < 1.29 is 26.0 Å². The van der Waals surface area contributed by atoms with Gasteiger partial charge in [-0.1, -0.05) is 24.5 Å². The number of piperidine rings is 1. The molecule has 1 N–H and O–H groups in total. The number of benzene rings is 2. The number of aromatic nitrogens is 2. The van der Waals surface area contributed by atoms with Gasteiger partial charge in [0.2, 0.25) is 15.9 Å². The van der Waals surface area contributed by atoms with Crippen molar-refractivity contribution in [2.45, 2.75) is 48.4 Å². The summed E-state index contributed by atoms with van der Waals surface area (Å²) in [6, 6.07) is 11.5. The zero-order valence-corrected chi connectivity index (χ0v) is 21.0. The van der Waals surface area contributed by atoms with Crippen LogP contribution in [0.4, 0.5) is 6.01 Å². The molecule has 1 aromatic heterocycles. The summed E-state index contributed by atoms with van der Waals surface area (Å²) < 4.78 is 56.8. The third-order valence-electron chi connectivity index (χ3n) is 5.92. The molecule has 0 bridgehead atoms. The van der Waals surface area contributed by atoms with Gasteiger partial charge in [-0.2, -0.15) is 4.31 Å². The topological polar surface area (TPSA) is 140 Å². The molecule has 2 aromatic carbocycles. The Hall–Kier alpha value is -3.09. The van der Waals surface area contributed by atoms with Gasteiger partial charge in [-0.3, -0.25) is 10.1 Å². The first-order chi connectivity index (χ1) is 16.6. The molecule has 186 valence electrons. The highest BCUT2D eigenvalue weighted by molar-refractivity contribution is 7.90. The molecule has 1 amide bonds. The van der Waals surface area contributed by atoms with Crippen LogP contribution in [0.25, 0.3) is 11.5 Å². The second-order valence-electron chi connectivity index (χ2n) is 8.36. The van der Waals surface area contributed by atoms with E-state index < -0.39 is 25.8 Å². The predicted octanol–water partition coefficient (Wildman–Crippen LogP) is 3.35. The number of nitrogens with zero attached hydrogens (tertiary/aromatic N) is 3. The van der Waals surface area contributed by atoms with Crippen molar-refractivity contribution in [1.29, 1.82) is 0 Å². The molecule has 1 saturated heterocycles. The van der Waals surface area contributed by atoms with Gasteiger partial charge in [-0.25, -0.2) is 16.8 Å². The molecule has 35 heavy (non-hydrogen) atoms. The van der Waals surface area contributed by atoms with Crippen molar-refractivity contribution in [2.24, 2.45) is 0 Å². The van der Waals surface area contributed by atoms with Crippen LogP contribution >= 0.6 is 0 Å². The van der Waals surface area contributed by atoms with Gasteiger partial charge in [-0.05, 0) is 61.7 Å². The first-order valence-corrected chi connectivity index (χ1v) is 14.5. The highest BCUT2D eigenvalue weighted by atomic mass is 32.2. The second-order valence-corrected chi connectivity index (χ2v) is 12.3. The maximum absolute atomic E-state index is 13.1. The van der Waals surface area contributed by atoms with Crippen LogP contribution in [-0.4, -0.2) is 56.1 Å². The molecule has 1 atom stereocenters. The number of hydrogen-bond donors (Lipinski definition) is 1. The Balaban J connectivity index is 1.48. The fourth-order valence-electron chi connectivity index (χ4n) is 4.03. The molecular weight excluding hydrogens is 492 g/mol. The fraction of sp³-hybridized carbons (Fsp3) is 0.348. The van der Waals surface area contributed by atoms with Crippen LogP contribution in [0.5, 0.6) is 0 Å². The van der Waals surface area contributed by atoms with E-state index in [1.165, 1.54) is 36.4 Å². The van der Waals surface area contributed by atoms with Gasteiger partial charge in [0.15, 0.2) is 9.84 Å². The molecule has 0 spiro atoms. The molecule has 0 aliphatic carbocycles. The largest absolute Gasteiger partial charge is 0.403 e. The molecule has 1 unspecified atom stereocenters. The molecule has 0 radical (unpaired) electrons. The summed E-state index contributed by atoms with van der Waals surface area (Å²) in [6.07, 6.45) is 4.55. The molecule has 4 rings (SSSR count). The molecule has 12 heteroatoms. The van der Waals surface area contributed by atoms with E-state index in [-0.39, 0.29) is 33.3 Å². The highest BCUT2D eigenvalue weighted by Crippen LogP contribution is 2.27. The smallest absolute Gasteiger partial charge is 0.322 e. The summed E-state index contributed by atoms with van der Waals surface area (Å²) in [6.45, 7) is 2.48. The lowest BCUT2D eigenvalue weighted by Crippen LogP contribution is -2.43. The maximum atomic E-state index is 13.1. The average Bonchev–Trinajstić information content (AvgIpc) is 3.32. The Bertz CT molecular complexity index is 1430. The van der Waals surface area contributed by atoms with Crippen molar-refractivity contribution in [1.82, 2.24) is 14.5 Å². The Morgan fingerprint density at radius 3 is 2.49 bits per heavy atom. The fourth-order valence-corrected chi connectivity index (χ4v) is 6.47. The monoisotopic (exact) mass is 518 g/mol. The lowest BCUT2D eigenvalue weighted by Gasteiger charge is -2.34. The SMILES string of the molecule is CCC1CCCCN1S(=O)(=O)c1ccc(C(=O)Nc2nnc(-c3cccc(S(C)(=O)=O)c3)o2)cc1. The van der Waals surface area contributed by atoms with E-state index >= 15 is 0 Å². The molecule has 10 nitrogen and oxygen atoms in total. The van der Waals surface area contributed by atoms with E-state index in [9.17, 15) is 21.6 Å². The predicted molar refractivity (Wildman–Crippen MR) is 129 cm³/mol. The van der Waals surface area contributed by atoms with Gasteiger partial charge in [-0.15, -0.1) is 5.10 Å². The Morgan fingerprint density at radius 2 is 1.80 bits per heavy atom. The average molecular weight is 519 g/mol. The van der Waals surface area contributed by atoms with Gasteiger partial charge in [0.1, 0.15) is 0 Å². The zero-order chi connectivity index (χ0) is 25.2. The van der Waals surface area contributed by atoms with Crippen molar-refractivity contribution in [3.63, 3.8) is 0 Å². The van der Waals surface area contributed by atoms with Crippen LogP contribution < -0.4 is 5.32 Å². The van der Waals surface area contributed by atoms with E-state index in [1.54, 1.807) is 16.4 Å². The normalized spacial score (nSPS) is 17.3. The first-order valence-electron chi connectivity index (χ1n) is 11.2. The molecule has 0 saturated carbocycles. The minimum absolute atomic E-state index is 0.0124. The van der Waals surface area contributed by atoms with Crippen molar-refractivity contribution >= 4 is 31.8 Å². The summed E-state index contributed by atoms with van der Waals surface area (Å²) in [7, 11) is -7.06. The first kappa shape index (κ1) is 25.0. The third kappa shape index (κ3) is 5.44. The quantitative estimate of drug-likeness (QED) is 0.502. The number of rotatable bonds is 7. The minimum Gasteiger partial charge on any atom is -0.403 e. The molecule has 1 aliphatic rings. The molecule has 1 aliphatic heterocycles. The van der Waals surface area contributed by atoms with Crippen LogP contribution in [0.2, 0.25) is 0 Å². The van der Waals surface area contributed by atoms with E-state index in [0.29, 0.717) is 12.1 Å². The number of nitrogens with one attached hydrogen (secondary N) is 1. The Kier molecular flexibility index (Phi) is 7.06. The number of sulfone groups is 1. The van der Waals surface area contributed by atoms with Crippen LogP contribution in [-0.2, 0) is 19.9 Å².